The van der Waals surface area contributed by atoms with Crippen molar-refractivity contribution in [2.45, 2.75) is 53.0 Å². The monoisotopic (exact) mass is 258 g/mol. The topological polar surface area (TPSA) is 66.6 Å². The minimum atomic E-state index is -0.111. The van der Waals surface area contributed by atoms with Crippen LogP contribution in [0.4, 0.5) is 0 Å². The van der Waals surface area contributed by atoms with Crippen LogP contribution in [0.1, 0.15) is 47.0 Å². The van der Waals surface area contributed by atoms with Crippen LogP contribution in [0.5, 0.6) is 0 Å². The van der Waals surface area contributed by atoms with Crippen molar-refractivity contribution in [2.24, 2.45) is 17.1 Å². The van der Waals surface area contributed by atoms with Crippen LogP contribution in [0.2, 0.25) is 0 Å². The van der Waals surface area contributed by atoms with Gasteiger partial charge in [-0.1, -0.05) is 20.8 Å². The molecule has 18 heavy (non-hydrogen) atoms. The Bertz CT molecular complexity index is 249. The van der Waals surface area contributed by atoms with Gasteiger partial charge in [-0.15, -0.1) is 0 Å². The van der Waals surface area contributed by atoms with Gasteiger partial charge in [0.05, 0.1) is 12.6 Å². The van der Waals surface area contributed by atoms with E-state index in [4.69, 9.17) is 10.8 Å². The van der Waals surface area contributed by atoms with E-state index in [1.165, 1.54) is 0 Å². The fourth-order valence-corrected chi connectivity index (χ4v) is 2.05. The van der Waals surface area contributed by atoms with Crippen molar-refractivity contribution in [2.75, 3.05) is 20.2 Å². The minimum absolute atomic E-state index is 0.00768. The maximum atomic E-state index is 12.0. The summed E-state index contributed by atoms with van der Waals surface area (Å²) in [6, 6.07) is -0.111. The molecule has 0 radical (unpaired) electrons. The summed E-state index contributed by atoms with van der Waals surface area (Å²) in [5.74, 6) is 0.562. The minimum Gasteiger partial charge on any atom is -0.394 e. The summed E-state index contributed by atoms with van der Waals surface area (Å²) >= 11 is 0. The Balaban J connectivity index is 4.31. The van der Waals surface area contributed by atoms with Crippen molar-refractivity contribution < 1.29 is 9.90 Å². The summed E-state index contributed by atoms with van der Waals surface area (Å²) in [4.78, 5) is 13.6. The quantitative estimate of drug-likeness (QED) is 0.729. The van der Waals surface area contributed by atoms with Gasteiger partial charge in [-0.3, -0.25) is 4.79 Å². The summed E-state index contributed by atoms with van der Waals surface area (Å²) in [5, 5.41) is 9.03. The third kappa shape index (κ3) is 5.83. The van der Waals surface area contributed by atoms with Crippen molar-refractivity contribution in [1.29, 1.82) is 0 Å². The van der Waals surface area contributed by atoms with Gasteiger partial charge in [-0.2, -0.15) is 0 Å². The fraction of sp³-hybridized carbons (Fsp3) is 0.929. The molecule has 4 nitrogen and oxygen atoms in total. The number of aliphatic hydroxyl groups is 1. The third-order valence-electron chi connectivity index (χ3n) is 3.77. The van der Waals surface area contributed by atoms with E-state index in [-0.39, 0.29) is 24.0 Å². The molecule has 0 aromatic heterocycles. The molecule has 0 fully saturated rings. The predicted molar refractivity (Wildman–Crippen MR) is 75.2 cm³/mol. The zero-order chi connectivity index (χ0) is 14.3. The van der Waals surface area contributed by atoms with Crippen molar-refractivity contribution in [3.8, 4) is 0 Å². The molecule has 0 aliphatic rings. The van der Waals surface area contributed by atoms with Gasteiger partial charge >= 0.3 is 0 Å². The number of carbonyl (C=O) groups is 1. The van der Waals surface area contributed by atoms with E-state index in [2.05, 4.69) is 20.8 Å². The summed E-state index contributed by atoms with van der Waals surface area (Å²) in [6.07, 6.45) is 2.35. The number of rotatable bonds is 7. The summed E-state index contributed by atoms with van der Waals surface area (Å²) in [7, 11) is 1.75. The molecule has 2 unspecified atom stereocenters. The molecule has 0 aliphatic heterocycles. The van der Waals surface area contributed by atoms with E-state index in [1.807, 2.05) is 6.92 Å². The zero-order valence-electron chi connectivity index (χ0n) is 12.6. The van der Waals surface area contributed by atoms with Crippen molar-refractivity contribution in [1.82, 2.24) is 4.90 Å². The first kappa shape index (κ1) is 17.4. The SMILES string of the molecule is CC(CO)N(C)C(=O)CCC(CCN)C(C)(C)C. The average molecular weight is 258 g/mol. The van der Waals surface area contributed by atoms with Gasteiger partial charge < -0.3 is 15.7 Å². The van der Waals surface area contributed by atoms with Crippen LogP contribution in [0.15, 0.2) is 0 Å². The smallest absolute Gasteiger partial charge is 0.222 e. The number of amides is 1. The first-order chi connectivity index (χ1) is 8.23. The molecule has 108 valence electrons. The molecule has 0 rings (SSSR count). The lowest BCUT2D eigenvalue weighted by Gasteiger charge is -2.31. The average Bonchev–Trinajstić information content (AvgIpc) is 2.30. The van der Waals surface area contributed by atoms with E-state index in [9.17, 15) is 4.79 Å². The van der Waals surface area contributed by atoms with Crippen LogP contribution in [0.3, 0.4) is 0 Å². The molecule has 0 heterocycles. The largest absolute Gasteiger partial charge is 0.394 e. The fourth-order valence-electron chi connectivity index (χ4n) is 2.05. The number of hydrogen-bond acceptors (Lipinski definition) is 3. The number of nitrogens with two attached hydrogens (primary N) is 1. The van der Waals surface area contributed by atoms with Gasteiger partial charge in [-0.05, 0) is 37.6 Å². The van der Waals surface area contributed by atoms with E-state index in [1.54, 1.807) is 11.9 Å². The highest BCUT2D eigenvalue weighted by Crippen LogP contribution is 2.32. The highest BCUT2D eigenvalue weighted by atomic mass is 16.3. The molecule has 0 bridgehead atoms. The van der Waals surface area contributed by atoms with E-state index in [0.29, 0.717) is 18.9 Å². The summed E-state index contributed by atoms with van der Waals surface area (Å²) < 4.78 is 0. The number of carbonyl (C=O) groups excluding carboxylic acids is 1. The Hall–Kier alpha value is -0.610. The van der Waals surface area contributed by atoms with Crippen LogP contribution < -0.4 is 5.73 Å². The van der Waals surface area contributed by atoms with Gasteiger partial charge in [0.25, 0.3) is 0 Å². The molecule has 0 aromatic carbocycles. The molecule has 4 heteroatoms. The standard InChI is InChI=1S/C14H30N2O2/c1-11(10-17)16(5)13(18)7-6-12(8-9-15)14(2,3)4/h11-12,17H,6-10,15H2,1-5H3. The lowest BCUT2D eigenvalue weighted by molar-refractivity contribution is -0.132. The van der Waals surface area contributed by atoms with Gasteiger partial charge in [0.1, 0.15) is 0 Å². The third-order valence-corrected chi connectivity index (χ3v) is 3.77. The lowest BCUT2D eigenvalue weighted by Crippen LogP contribution is -2.37. The maximum absolute atomic E-state index is 12.0. The molecule has 0 aromatic rings. The van der Waals surface area contributed by atoms with Crippen LogP contribution in [-0.2, 0) is 4.79 Å². The van der Waals surface area contributed by atoms with Crippen LogP contribution >= 0.6 is 0 Å². The first-order valence-corrected chi connectivity index (χ1v) is 6.80. The molecule has 0 aliphatic carbocycles. The predicted octanol–water partition coefficient (Wildman–Crippen LogP) is 1.62. The second-order valence-electron chi connectivity index (χ2n) is 6.22. The Kier molecular flexibility index (Phi) is 7.48. The second-order valence-corrected chi connectivity index (χ2v) is 6.22. The Labute approximate surface area is 112 Å². The van der Waals surface area contributed by atoms with Gasteiger partial charge in [-0.25, -0.2) is 0 Å². The number of nitrogens with zero attached hydrogens (tertiary/aromatic N) is 1. The summed E-state index contributed by atoms with van der Waals surface area (Å²) in [5.41, 5.74) is 5.81. The number of likely N-dealkylation sites (N-methyl/N-ethyl adjacent to an activating group) is 1. The molecule has 1 amide bonds. The lowest BCUT2D eigenvalue weighted by atomic mass is 9.76. The van der Waals surface area contributed by atoms with Gasteiger partial charge in [0, 0.05) is 13.5 Å². The molecule has 2 atom stereocenters. The number of aliphatic hydroxyl groups excluding tert-OH is 1. The Morgan fingerprint density at radius 1 is 1.33 bits per heavy atom. The molecule has 0 spiro atoms. The van der Waals surface area contributed by atoms with Crippen molar-refractivity contribution >= 4 is 5.91 Å². The van der Waals surface area contributed by atoms with E-state index >= 15 is 0 Å². The van der Waals surface area contributed by atoms with Crippen LogP contribution in [-0.4, -0.2) is 42.2 Å². The molecular formula is C14H30N2O2. The number of hydrogen-bond donors (Lipinski definition) is 2. The van der Waals surface area contributed by atoms with E-state index < -0.39 is 0 Å². The van der Waals surface area contributed by atoms with E-state index in [0.717, 1.165) is 12.8 Å². The molecule has 0 saturated carbocycles. The molecule has 0 saturated heterocycles. The molecular weight excluding hydrogens is 228 g/mol. The highest BCUT2D eigenvalue weighted by Gasteiger charge is 2.25. The van der Waals surface area contributed by atoms with Gasteiger partial charge in [0.2, 0.25) is 5.91 Å². The normalized spacial score (nSPS) is 15.3. The first-order valence-electron chi connectivity index (χ1n) is 6.80. The zero-order valence-corrected chi connectivity index (χ0v) is 12.6. The highest BCUT2D eigenvalue weighted by molar-refractivity contribution is 5.76. The van der Waals surface area contributed by atoms with Crippen LogP contribution in [0, 0.1) is 11.3 Å². The summed E-state index contributed by atoms with van der Waals surface area (Å²) in [6.45, 7) is 9.10. The van der Waals surface area contributed by atoms with Crippen molar-refractivity contribution in [3.05, 3.63) is 0 Å². The second kappa shape index (κ2) is 7.74. The Morgan fingerprint density at radius 2 is 1.89 bits per heavy atom. The van der Waals surface area contributed by atoms with Gasteiger partial charge in [0.15, 0.2) is 0 Å². The van der Waals surface area contributed by atoms with Crippen LogP contribution in [0.25, 0.3) is 0 Å². The Morgan fingerprint density at radius 3 is 2.28 bits per heavy atom. The van der Waals surface area contributed by atoms with Crippen molar-refractivity contribution in [3.63, 3.8) is 0 Å². The maximum Gasteiger partial charge on any atom is 0.222 e. The molecule has 3 N–H and O–H groups in total.